The summed E-state index contributed by atoms with van der Waals surface area (Å²) in [6, 6.07) is 9.65. The summed E-state index contributed by atoms with van der Waals surface area (Å²) in [7, 11) is -4.08. The van der Waals surface area contributed by atoms with Crippen LogP contribution in [0, 0.1) is 0 Å². The van der Waals surface area contributed by atoms with Crippen LogP contribution in [0.15, 0.2) is 52.0 Å². The predicted molar refractivity (Wildman–Crippen MR) is 113 cm³/mol. The Morgan fingerprint density at radius 3 is 2.33 bits per heavy atom. The molecule has 0 unspecified atom stereocenters. The van der Waals surface area contributed by atoms with Crippen molar-refractivity contribution in [3.05, 3.63) is 63.1 Å². The Kier molecular flexibility index (Phi) is 7.54. The van der Waals surface area contributed by atoms with Crippen LogP contribution in [0.4, 0.5) is 18.9 Å². The lowest BCUT2D eigenvalue weighted by atomic mass is 10.1. The molecule has 1 amide bonds. The zero-order chi connectivity index (χ0) is 22.7. The summed E-state index contributed by atoms with van der Waals surface area (Å²) in [6.45, 7) is 0.863. The van der Waals surface area contributed by atoms with E-state index in [1.807, 2.05) is 0 Å². The third-order valence-electron chi connectivity index (χ3n) is 3.84. The van der Waals surface area contributed by atoms with Gasteiger partial charge in [0.2, 0.25) is 10.0 Å². The number of hydrogen-bond acceptors (Lipinski definition) is 4. The number of nitrogens with one attached hydrogen (secondary N) is 1. The summed E-state index contributed by atoms with van der Waals surface area (Å²) in [5.41, 5.74) is 1.81. The maximum Gasteiger partial charge on any atom is 0.417 e. The fourth-order valence-electron chi connectivity index (χ4n) is 2.35. The van der Waals surface area contributed by atoms with Crippen molar-refractivity contribution >= 4 is 54.9 Å². The first-order valence-electron chi connectivity index (χ1n) is 8.22. The quantitative estimate of drug-likeness (QED) is 0.447. The molecule has 0 saturated carbocycles. The van der Waals surface area contributed by atoms with Gasteiger partial charge < -0.3 is 0 Å². The highest BCUT2D eigenvalue weighted by atomic mass is 79.9. The summed E-state index contributed by atoms with van der Waals surface area (Å²) >= 11 is 8.87. The van der Waals surface area contributed by atoms with Gasteiger partial charge in [0.15, 0.2) is 0 Å². The molecular formula is C18H16BrClF3N3O3S. The van der Waals surface area contributed by atoms with Crippen molar-refractivity contribution in [1.29, 1.82) is 0 Å². The zero-order valence-electron chi connectivity index (χ0n) is 15.7. The highest BCUT2D eigenvalue weighted by Gasteiger charge is 2.34. The molecule has 0 heterocycles. The molecule has 12 heteroatoms. The molecule has 0 spiro atoms. The van der Waals surface area contributed by atoms with E-state index in [9.17, 15) is 26.4 Å². The van der Waals surface area contributed by atoms with Crippen molar-refractivity contribution in [2.24, 2.45) is 5.10 Å². The van der Waals surface area contributed by atoms with Crippen LogP contribution in [0.2, 0.25) is 5.02 Å². The normalized spacial score (nSPS) is 12.6. The number of alkyl halides is 3. The van der Waals surface area contributed by atoms with Gasteiger partial charge in [0.25, 0.3) is 5.91 Å². The molecule has 0 saturated heterocycles. The Hall–Kier alpha value is -2.11. The van der Waals surface area contributed by atoms with Gasteiger partial charge in [0.05, 0.1) is 28.2 Å². The Morgan fingerprint density at radius 2 is 1.80 bits per heavy atom. The SMILES string of the molecule is C/C(=N/NC(=O)CN(c1ccc(Cl)c(C(F)(F)F)c1)S(C)(=O)=O)c1ccc(Br)cc1. The number of benzene rings is 2. The highest BCUT2D eigenvalue weighted by Crippen LogP contribution is 2.37. The van der Waals surface area contributed by atoms with Crippen molar-refractivity contribution in [2.75, 3.05) is 17.1 Å². The maximum atomic E-state index is 13.1. The van der Waals surface area contributed by atoms with E-state index in [2.05, 4.69) is 26.5 Å². The Balaban J connectivity index is 2.24. The van der Waals surface area contributed by atoms with Crippen LogP contribution in [0.3, 0.4) is 0 Å². The number of sulfonamides is 1. The van der Waals surface area contributed by atoms with Crippen LogP contribution >= 0.6 is 27.5 Å². The molecule has 2 aromatic rings. The number of hydrazone groups is 1. The summed E-state index contributed by atoms with van der Waals surface area (Å²) in [6.07, 6.45) is -4.01. The number of hydrogen-bond donors (Lipinski definition) is 1. The number of nitrogens with zero attached hydrogens (tertiary/aromatic N) is 2. The number of rotatable bonds is 6. The number of carbonyl (C=O) groups is 1. The molecule has 2 rings (SSSR count). The lowest BCUT2D eigenvalue weighted by Gasteiger charge is -2.22. The lowest BCUT2D eigenvalue weighted by Crippen LogP contribution is -2.39. The molecule has 0 radical (unpaired) electrons. The second kappa shape index (κ2) is 9.36. The molecule has 0 fully saturated rings. The largest absolute Gasteiger partial charge is 0.417 e. The molecule has 0 aliphatic rings. The summed E-state index contributed by atoms with van der Waals surface area (Å²) < 4.78 is 64.9. The number of amides is 1. The van der Waals surface area contributed by atoms with Crippen LogP contribution in [0.1, 0.15) is 18.1 Å². The molecule has 2 aromatic carbocycles. The van der Waals surface area contributed by atoms with Gasteiger partial charge in [-0.15, -0.1) is 0 Å². The third kappa shape index (κ3) is 6.44. The van der Waals surface area contributed by atoms with E-state index in [0.29, 0.717) is 21.6 Å². The van der Waals surface area contributed by atoms with Crippen molar-refractivity contribution in [2.45, 2.75) is 13.1 Å². The van der Waals surface area contributed by atoms with Crippen molar-refractivity contribution in [3.63, 3.8) is 0 Å². The number of halogens is 5. The van der Waals surface area contributed by atoms with Crippen LogP contribution in [-0.4, -0.2) is 32.8 Å². The van der Waals surface area contributed by atoms with E-state index in [0.717, 1.165) is 22.9 Å². The summed E-state index contributed by atoms with van der Waals surface area (Å²) in [5.74, 6) is -0.833. The molecule has 0 bridgehead atoms. The molecule has 30 heavy (non-hydrogen) atoms. The van der Waals surface area contributed by atoms with E-state index >= 15 is 0 Å². The van der Waals surface area contributed by atoms with E-state index in [1.54, 1.807) is 31.2 Å². The average molecular weight is 527 g/mol. The average Bonchev–Trinajstić information content (AvgIpc) is 2.63. The van der Waals surface area contributed by atoms with E-state index < -0.39 is 39.2 Å². The van der Waals surface area contributed by atoms with Crippen LogP contribution in [0.5, 0.6) is 0 Å². The summed E-state index contributed by atoms with van der Waals surface area (Å²) in [5, 5.41) is 3.32. The number of anilines is 1. The molecule has 0 atom stereocenters. The van der Waals surface area contributed by atoms with Crippen LogP contribution in [-0.2, 0) is 21.0 Å². The second-order valence-electron chi connectivity index (χ2n) is 6.17. The second-order valence-corrected chi connectivity index (χ2v) is 9.40. The first-order chi connectivity index (χ1) is 13.8. The maximum absolute atomic E-state index is 13.1. The zero-order valence-corrected chi connectivity index (χ0v) is 18.8. The minimum atomic E-state index is -4.79. The highest BCUT2D eigenvalue weighted by molar-refractivity contribution is 9.10. The van der Waals surface area contributed by atoms with Gasteiger partial charge in [-0.25, -0.2) is 13.8 Å². The fourth-order valence-corrected chi connectivity index (χ4v) is 3.69. The van der Waals surface area contributed by atoms with Gasteiger partial charge in [-0.1, -0.05) is 39.7 Å². The predicted octanol–water partition coefficient (Wildman–Crippen LogP) is 4.43. The minimum Gasteiger partial charge on any atom is -0.271 e. The van der Waals surface area contributed by atoms with Crippen LogP contribution < -0.4 is 9.73 Å². The summed E-state index contributed by atoms with van der Waals surface area (Å²) in [4.78, 5) is 12.2. The van der Waals surface area contributed by atoms with Crippen molar-refractivity contribution < 1.29 is 26.4 Å². The van der Waals surface area contributed by atoms with Gasteiger partial charge in [-0.3, -0.25) is 9.10 Å². The van der Waals surface area contributed by atoms with Gasteiger partial charge in [0.1, 0.15) is 6.54 Å². The molecule has 0 aliphatic carbocycles. The van der Waals surface area contributed by atoms with Gasteiger partial charge in [-0.05, 0) is 42.8 Å². The number of carbonyl (C=O) groups excluding carboxylic acids is 1. The monoisotopic (exact) mass is 525 g/mol. The fraction of sp³-hybridized carbons (Fsp3) is 0.222. The van der Waals surface area contributed by atoms with E-state index in [1.165, 1.54) is 0 Å². The molecule has 162 valence electrons. The topological polar surface area (TPSA) is 78.8 Å². The Bertz CT molecular complexity index is 1070. The molecular weight excluding hydrogens is 511 g/mol. The lowest BCUT2D eigenvalue weighted by molar-refractivity contribution is -0.137. The molecule has 0 aliphatic heterocycles. The van der Waals surface area contributed by atoms with Crippen molar-refractivity contribution in [1.82, 2.24) is 5.43 Å². The first-order valence-corrected chi connectivity index (χ1v) is 11.2. The Morgan fingerprint density at radius 1 is 1.20 bits per heavy atom. The third-order valence-corrected chi connectivity index (χ3v) is 5.84. The first kappa shape index (κ1) is 24.2. The van der Waals surface area contributed by atoms with Crippen molar-refractivity contribution in [3.8, 4) is 0 Å². The van der Waals surface area contributed by atoms with E-state index in [4.69, 9.17) is 11.6 Å². The standard InChI is InChI=1S/C18H16BrClF3N3O3S/c1-11(12-3-5-13(19)6-4-12)24-25-17(27)10-26(30(2,28)29)14-7-8-16(20)15(9-14)18(21,22)23/h3-9H,10H2,1-2H3,(H,25,27)/b24-11-. The Labute approximate surface area is 184 Å². The van der Waals surface area contributed by atoms with Gasteiger partial charge >= 0.3 is 6.18 Å². The molecule has 6 nitrogen and oxygen atoms in total. The molecule has 1 N–H and O–H groups in total. The molecule has 0 aromatic heterocycles. The van der Waals surface area contributed by atoms with Gasteiger partial charge in [0, 0.05) is 4.47 Å². The minimum absolute atomic E-state index is 0.349. The van der Waals surface area contributed by atoms with Crippen LogP contribution in [0.25, 0.3) is 0 Å². The smallest absolute Gasteiger partial charge is 0.271 e. The van der Waals surface area contributed by atoms with E-state index in [-0.39, 0.29) is 5.69 Å². The van der Waals surface area contributed by atoms with Gasteiger partial charge in [-0.2, -0.15) is 18.3 Å².